The molecule has 0 radical (unpaired) electrons. The molecule has 0 spiro atoms. The van der Waals surface area contributed by atoms with Gasteiger partial charge < -0.3 is 10.5 Å². The van der Waals surface area contributed by atoms with Crippen LogP contribution in [0.15, 0.2) is 36.4 Å². The third-order valence-electron chi connectivity index (χ3n) is 3.63. The number of nitrogens with two attached hydrogens (primary N) is 1. The van der Waals surface area contributed by atoms with Crippen molar-refractivity contribution in [3.8, 4) is 5.75 Å². The number of hydrogen-bond donors (Lipinski definition) is 1. The number of benzene rings is 2. The molecule has 0 bridgehead atoms. The number of rotatable bonds is 3. The van der Waals surface area contributed by atoms with Gasteiger partial charge in [0, 0.05) is 6.04 Å². The number of ether oxygens (including phenoxy) is 1. The summed E-state index contributed by atoms with van der Waals surface area (Å²) < 4.78 is 31.5. The van der Waals surface area contributed by atoms with Gasteiger partial charge in [-0.15, -0.1) is 0 Å². The molecule has 4 heteroatoms. The Morgan fingerprint density at radius 2 is 1.95 bits per heavy atom. The van der Waals surface area contributed by atoms with Crippen molar-refractivity contribution >= 4 is 0 Å². The minimum atomic E-state index is -0.856. The van der Waals surface area contributed by atoms with Crippen LogP contribution < -0.4 is 10.5 Å². The molecule has 0 heterocycles. The van der Waals surface area contributed by atoms with Crippen LogP contribution in [0.25, 0.3) is 0 Å². The average molecular weight is 275 g/mol. The van der Waals surface area contributed by atoms with Crippen LogP contribution >= 0.6 is 0 Å². The summed E-state index contributed by atoms with van der Waals surface area (Å²) in [5, 5.41) is 0. The van der Waals surface area contributed by atoms with Crippen LogP contribution in [0.4, 0.5) is 8.78 Å². The van der Waals surface area contributed by atoms with Gasteiger partial charge in [-0.05, 0) is 53.8 Å². The summed E-state index contributed by atoms with van der Waals surface area (Å²) in [6.07, 6.45) is 1.92. The molecule has 1 atom stereocenters. The van der Waals surface area contributed by atoms with Crippen molar-refractivity contribution in [1.29, 1.82) is 0 Å². The second-order valence-corrected chi connectivity index (χ2v) is 5.04. The highest BCUT2D eigenvalue weighted by molar-refractivity contribution is 5.40. The number of halogens is 2. The van der Waals surface area contributed by atoms with Crippen LogP contribution in [-0.2, 0) is 13.0 Å². The first-order chi connectivity index (χ1) is 9.63. The molecular weight excluding hydrogens is 260 g/mol. The van der Waals surface area contributed by atoms with Crippen molar-refractivity contribution in [2.45, 2.75) is 25.5 Å². The summed E-state index contributed by atoms with van der Waals surface area (Å²) in [5.74, 6) is -0.978. The summed E-state index contributed by atoms with van der Waals surface area (Å²) >= 11 is 0. The Bertz CT molecular complexity index is 642. The van der Waals surface area contributed by atoms with Gasteiger partial charge in [0.2, 0.25) is 0 Å². The highest BCUT2D eigenvalue weighted by atomic mass is 19.2. The second-order valence-electron chi connectivity index (χ2n) is 5.04. The first-order valence-corrected chi connectivity index (χ1v) is 6.58. The van der Waals surface area contributed by atoms with Gasteiger partial charge in [-0.2, -0.15) is 0 Å². The van der Waals surface area contributed by atoms with Gasteiger partial charge >= 0.3 is 0 Å². The van der Waals surface area contributed by atoms with Crippen molar-refractivity contribution in [2.75, 3.05) is 0 Å². The van der Waals surface area contributed by atoms with Crippen molar-refractivity contribution in [1.82, 2.24) is 0 Å². The van der Waals surface area contributed by atoms with Crippen molar-refractivity contribution < 1.29 is 13.5 Å². The van der Waals surface area contributed by atoms with E-state index in [4.69, 9.17) is 10.5 Å². The van der Waals surface area contributed by atoms with Gasteiger partial charge in [0.25, 0.3) is 0 Å². The largest absolute Gasteiger partial charge is 0.489 e. The van der Waals surface area contributed by atoms with Crippen molar-refractivity contribution in [3.63, 3.8) is 0 Å². The molecule has 0 saturated carbocycles. The Labute approximate surface area is 116 Å². The van der Waals surface area contributed by atoms with Crippen molar-refractivity contribution in [2.24, 2.45) is 5.73 Å². The zero-order valence-electron chi connectivity index (χ0n) is 10.9. The molecule has 0 fully saturated rings. The maximum Gasteiger partial charge on any atom is 0.159 e. The summed E-state index contributed by atoms with van der Waals surface area (Å²) in [7, 11) is 0. The number of aryl methyl sites for hydroxylation is 1. The first kappa shape index (κ1) is 13.1. The molecule has 104 valence electrons. The standard InChI is InChI=1S/C16H15F2NO/c17-14-5-1-10(7-15(14)18)9-20-12-3-4-13-11(8-12)2-6-16(13)19/h1,3-5,7-8,16H,2,6,9,19H2/t16-/m1/s1. The molecule has 0 amide bonds. The quantitative estimate of drug-likeness (QED) is 0.930. The molecule has 2 N–H and O–H groups in total. The van der Waals surface area contributed by atoms with Crippen LogP contribution in [-0.4, -0.2) is 0 Å². The van der Waals surface area contributed by atoms with Gasteiger partial charge in [-0.3, -0.25) is 0 Å². The molecular formula is C16H15F2NO. The van der Waals surface area contributed by atoms with E-state index in [2.05, 4.69) is 0 Å². The molecule has 0 aliphatic heterocycles. The third kappa shape index (κ3) is 2.51. The number of hydrogen-bond acceptors (Lipinski definition) is 2. The summed E-state index contributed by atoms with van der Waals surface area (Å²) in [4.78, 5) is 0. The molecule has 20 heavy (non-hydrogen) atoms. The normalized spacial score (nSPS) is 17.1. The smallest absolute Gasteiger partial charge is 0.159 e. The Balaban J connectivity index is 1.71. The fourth-order valence-corrected chi connectivity index (χ4v) is 2.51. The highest BCUT2D eigenvalue weighted by Crippen LogP contribution is 2.32. The average Bonchev–Trinajstić information content (AvgIpc) is 2.81. The minimum absolute atomic E-state index is 0.116. The molecule has 2 aromatic rings. The molecule has 1 aliphatic carbocycles. The third-order valence-corrected chi connectivity index (χ3v) is 3.63. The Kier molecular flexibility index (Phi) is 3.40. The summed E-state index contributed by atoms with van der Waals surface area (Å²) in [5.41, 5.74) is 8.95. The van der Waals surface area contributed by atoms with Crippen LogP contribution in [0, 0.1) is 11.6 Å². The van der Waals surface area contributed by atoms with E-state index in [1.807, 2.05) is 18.2 Å². The Morgan fingerprint density at radius 3 is 2.75 bits per heavy atom. The molecule has 0 aromatic heterocycles. The number of fused-ring (bicyclic) bond motifs is 1. The van der Waals surface area contributed by atoms with Gasteiger partial charge in [0.15, 0.2) is 11.6 Å². The van der Waals surface area contributed by atoms with Gasteiger partial charge in [-0.1, -0.05) is 12.1 Å². The molecule has 2 aromatic carbocycles. The molecule has 1 aliphatic rings. The van der Waals surface area contributed by atoms with Crippen molar-refractivity contribution in [3.05, 3.63) is 64.7 Å². The van der Waals surface area contributed by atoms with Crippen LogP contribution in [0.1, 0.15) is 29.2 Å². The molecule has 2 nitrogen and oxygen atoms in total. The second kappa shape index (κ2) is 5.21. The van der Waals surface area contributed by atoms with Gasteiger partial charge in [0.1, 0.15) is 12.4 Å². The SMILES string of the molecule is N[C@@H]1CCc2cc(OCc3ccc(F)c(F)c3)ccc21. The lowest BCUT2D eigenvalue weighted by Gasteiger charge is -2.09. The molecule has 3 rings (SSSR count). The maximum atomic E-state index is 13.1. The van der Waals surface area contributed by atoms with Gasteiger partial charge in [-0.25, -0.2) is 8.78 Å². The maximum absolute atomic E-state index is 13.1. The van der Waals surface area contributed by atoms with E-state index in [1.54, 1.807) is 0 Å². The predicted octanol–water partition coefficient (Wildman–Crippen LogP) is 3.49. The summed E-state index contributed by atoms with van der Waals surface area (Å²) in [6.45, 7) is 0.210. The van der Waals surface area contributed by atoms with E-state index >= 15 is 0 Å². The fourth-order valence-electron chi connectivity index (χ4n) is 2.51. The van der Waals surface area contributed by atoms with E-state index in [-0.39, 0.29) is 12.6 Å². The van der Waals surface area contributed by atoms with E-state index < -0.39 is 11.6 Å². The Morgan fingerprint density at radius 1 is 1.10 bits per heavy atom. The van der Waals surface area contributed by atoms with Crippen LogP contribution in [0.5, 0.6) is 5.75 Å². The van der Waals surface area contributed by atoms with Crippen LogP contribution in [0.2, 0.25) is 0 Å². The Hall–Kier alpha value is -1.94. The van der Waals surface area contributed by atoms with Crippen LogP contribution in [0.3, 0.4) is 0 Å². The zero-order chi connectivity index (χ0) is 14.1. The molecule has 0 saturated heterocycles. The van der Waals surface area contributed by atoms with Gasteiger partial charge in [0.05, 0.1) is 0 Å². The monoisotopic (exact) mass is 275 g/mol. The molecule has 0 unspecified atom stereocenters. The zero-order valence-corrected chi connectivity index (χ0v) is 10.9. The predicted molar refractivity (Wildman–Crippen MR) is 72.4 cm³/mol. The lowest BCUT2D eigenvalue weighted by molar-refractivity contribution is 0.305. The lowest BCUT2D eigenvalue weighted by Crippen LogP contribution is -2.05. The van der Waals surface area contributed by atoms with E-state index in [1.165, 1.54) is 17.2 Å². The highest BCUT2D eigenvalue weighted by Gasteiger charge is 2.19. The van der Waals surface area contributed by atoms with E-state index in [9.17, 15) is 8.78 Å². The first-order valence-electron chi connectivity index (χ1n) is 6.58. The topological polar surface area (TPSA) is 35.2 Å². The van der Waals surface area contributed by atoms with E-state index in [0.29, 0.717) is 5.56 Å². The lowest BCUT2D eigenvalue weighted by atomic mass is 10.1. The minimum Gasteiger partial charge on any atom is -0.489 e. The fraction of sp³-hybridized carbons (Fsp3) is 0.250. The van der Waals surface area contributed by atoms with E-state index in [0.717, 1.165) is 30.7 Å². The summed E-state index contributed by atoms with van der Waals surface area (Å²) in [6, 6.07) is 9.71.